The van der Waals surface area contributed by atoms with Gasteiger partial charge in [0.25, 0.3) is 0 Å². The second-order valence-corrected chi connectivity index (χ2v) is 7.23. The number of nitrogens with one attached hydrogen (secondary N) is 1. The van der Waals surface area contributed by atoms with Crippen molar-refractivity contribution < 1.29 is 8.42 Å². The van der Waals surface area contributed by atoms with E-state index >= 15 is 0 Å². The van der Waals surface area contributed by atoms with Crippen LogP contribution >= 0.6 is 22.9 Å². The summed E-state index contributed by atoms with van der Waals surface area (Å²) in [5.74, 6) is 0. The zero-order chi connectivity index (χ0) is 14.0. The number of hydrogen-bond acceptors (Lipinski definition) is 4. The van der Waals surface area contributed by atoms with Crippen molar-refractivity contribution in [3.63, 3.8) is 0 Å². The number of rotatable bonds is 4. The highest BCUT2D eigenvalue weighted by Gasteiger charge is 2.15. The predicted octanol–water partition coefficient (Wildman–Crippen LogP) is 2.89. The molecule has 0 aliphatic carbocycles. The molecule has 0 atom stereocenters. The molecule has 0 amide bonds. The highest BCUT2D eigenvalue weighted by atomic mass is 35.5. The number of aromatic nitrogens is 1. The Morgan fingerprint density at radius 2 is 2.11 bits per heavy atom. The van der Waals surface area contributed by atoms with Crippen molar-refractivity contribution in [2.75, 3.05) is 0 Å². The molecule has 0 bridgehead atoms. The molecular formula is C12H13ClN2O2S2. The SMILES string of the molecule is Cc1csc(CNS(=O)(=O)c2ccc(C)c(Cl)c2)n1. The first-order valence-electron chi connectivity index (χ1n) is 5.55. The number of aryl methyl sites for hydroxylation is 2. The van der Waals surface area contributed by atoms with Crippen LogP contribution in [0.4, 0.5) is 0 Å². The minimum Gasteiger partial charge on any atom is -0.245 e. The summed E-state index contributed by atoms with van der Waals surface area (Å²) in [6, 6.07) is 4.67. The highest BCUT2D eigenvalue weighted by molar-refractivity contribution is 7.89. The number of nitrogens with zero attached hydrogens (tertiary/aromatic N) is 1. The molecule has 1 aromatic carbocycles. The summed E-state index contributed by atoms with van der Waals surface area (Å²) in [5, 5.41) is 3.05. The first kappa shape index (κ1) is 14.5. The molecule has 0 saturated heterocycles. The lowest BCUT2D eigenvalue weighted by molar-refractivity contribution is 0.581. The molecule has 102 valence electrons. The molecule has 0 aliphatic heterocycles. The van der Waals surface area contributed by atoms with Crippen LogP contribution in [0.25, 0.3) is 0 Å². The fourth-order valence-electron chi connectivity index (χ4n) is 1.46. The molecule has 19 heavy (non-hydrogen) atoms. The molecular weight excluding hydrogens is 304 g/mol. The Morgan fingerprint density at radius 3 is 2.68 bits per heavy atom. The van der Waals surface area contributed by atoms with Crippen molar-refractivity contribution in [2.24, 2.45) is 0 Å². The zero-order valence-corrected chi connectivity index (χ0v) is 12.9. The van der Waals surface area contributed by atoms with Gasteiger partial charge in [-0.2, -0.15) is 0 Å². The number of benzene rings is 1. The number of halogens is 1. The van der Waals surface area contributed by atoms with Gasteiger partial charge < -0.3 is 0 Å². The Labute approximate surface area is 121 Å². The fourth-order valence-corrected chi connectivity index (χ4v) is 3.53. The van der Waals surface area contributed by atoms with Gasteiger partial charge in [-0.15, -0.1) is 11.3 Å². The summed E-state index contributed by atoms with van der Waals surface area (Å²) in [6.07, 6.45) is 0. The van der Waals surface area contributed by atoms with E-state index in [1.165, 1.54) is 23.5 Å². The molecule has 4 nitrogen and oxygen atoms in total. The molecule has 0 aliphatic rings. The number of thiazole rings is 1. The van der Waals surface area contributed by atoms with Gasteiger partial charge in [0.1, 0.15) is 5.01 Å². The van der Waals surface area contributed by atoms with E-state index in [9.17, 15) is 8.42 Å². The maximum absolute atomic E-state index is 12.1. The first-order valence-corrected chi connectivity index (χ1v) is 8.29. The lowest BCUT2D eigenvalue weighted by atomic mass is 10.2. The summed E-state index contributed by atoms with van der Waals surface area (Å²) in [7, 11) is -3.56. The van der Waals surface area contributed by atoms with Gasteiger partial charge in [0.15, 0.2) is 0 Å². The van der Waals surface area contributed by atoms with Crippen LogP contribution in [0, 0.1) is 13.8 Å². The Balaban J connectivity index is 2.16. The van der Waals surface area contributed by atoms with Gasteiger partial charge in [0, 0.05) is 16.1 Å². The topological polar surface area (TPSA) is 59.1 Å². The van der Waals surface area contributed by atoms with E-state index < -0.39 is 10.0 Å². The summed E-state index contributed by atoms with van der Waals surface area (Å²) in [4.78, 5) is 4.37. The molecule has 0 radical (unpaired) electrons. The van der Waals surface area contributed by atoms with Crippen molar-refractivity contribution >= 4 is 33.0 Å². The van der Waals surface area contributed by atoms with Gasteiger partial charge in [-0.25, -0.2) is 18.1 Å². The van der Waals surface area contributed by atoms with Crippen LogP contribution in [0.3, 0.4) is 0 Å². The molecule has 7 heteroatoms. The van der Waals surface area contributed by atoms with Crippen LogP contribution in [-0.2, 0) is 16.6 Å². The lowest BCUT2D eigenvalue weighted by Gasteiger charge is -2.06. The molecule has 0 unspecified atom stereocenters. The summed E-state index contributed by atoms with van der Waals surface area (Å²) in [6.45, 7) is 3.88. The standard InChI is InChI=1S/C12H13ClN2O2S2/c1-8-3-4-10(5-11(8)13)19(16,17)14-6-12-15-9(2)7-18-12/h3-5,7,14H,6H2,1-2H3. The van der Waals surface area contributed by atoms with E-state index in [0.29, 0.717) is 5.02 Å². The highest BCUT2D eigenvalue weighted by Crippen LogP contribution is 2.20. The third-order valence-corrected chi connectivity index (χ3v) is 5.31. The van der Waals surface area contributed by atoms with Gasteiger partial charge in [-0.05, 0) is 31.5 Å². The van der Waals surface area contributed by atoms with Crippen molar-refractivity contribution in [3.8, 4) is 0 Å². The maximum atomic E-state index is 12.1. The van der Waals surface area contributed by atoms with Crippen LogP contribution in [0.15, 0.2) is 28.5 Å². The van der Waals surface area contributed by atoms with Crippen LogP contribution < -0.4 is 4.72 Å². The summed E-state index contributed by atoms with van der Waals surface area (Å²) < 4.78 is 26.7. The van der Waals surface area contributed by atoms with Gasteiger partial charge >= 0.3 is 0 Å². The summed E-state index contributed by atoms with van der Waals surface area (Å²) >= 11 is 7.36. The average molecular weight is 317 g/mol. The maximum Gasteiger partial charge on any atom is 0.241 e. The van der Waals surface area contributed by atoms with E-state index in [4.69, 9.17) is 11.6 Å². The first-order chi connectivity index (χ1) is 8.88. The van der Waals surface area contributed by atoms with E-state index in [0.717, 1.165) is 16.3 Å². The number of sulfonamides is 1. The largest absolute Gasteiger partial charge is 0.245 e. The zero-order valence-electron chi connectivity index (χ0n) is 10.5. The third kappa shape index (κ3) is 3.54. The van der Waals surface area contributed by atoms with Crippen LogP contribution in [-0.4, -0.2) is 13.4 Å². The Hall–Kier alpha value is -0.950. The van der Waals surface area contributed by atoms with E-state index in [-0.39, 0.29) is 11.4 Å². The van der Waals surface area contributed by atoms with Crippen LogP contribution in [0.1, 0.15) is 16.3 Å². The Kier molecular flexibility index (Phi) is 4.25. The number of hydrogen-bond donors (Lipinski definition) is 1. The molecule has 0 fully saturated rings. The smallest absolute Gasteiger partial charge is 0.241 e. The van der Waals surface area contributed by atoms with Crippen LogP contribution in [0.2, 0.25) is 5.02 Å². The second kappa shape index (κ2) is 5.58. The Morgan fingerprint density at radius 1 is 1.37 bits per heavy atom. The normalized spacial score (nSPS) is 11.7. The molecule has 1 aromatic heterocycles. The molecule has 1 heterocycles. The molecule has 0 saturated carbocycles. The summed E-state index contributed by atoms with van der Waals surface area (Å²) in [5.41, 5.74) is 1.73. The minimum absolute atomic E-state index is 0.163. The van der Waals surface area contributed by atoms with Gasteiger partial charge in [0.2, 0.25) is 10.0 Å². The minimum atomic E-state index is -3.56. The quantitative estimate of drug-likeness (QED) is 0.943. The van der Waals surface area contributed by atoms with Gasteiger partial charge in [0.05, 0.1) is 11.4 Å². The van der Waals surface area contributed by atoms with E-state index in [2.05, 4.69) is 9.71 Å². The molecule has 1 N–H and O–H groups in total. The molecule has 2 rings (SSSR count). The monoisotopic (exact) mass is 316 g/mol. The fraction of sp³-hybridized carbons (Fsp3) is 0.250. The lowest BCUT2D eigenvalue weighted by Crippen LogP contribution is -2.23. The van der Waals surface area contributed by atoms with E-state index in [1.54, 1.807) is 6.07 Å². The van der Waals surface area contributed by atoms with Gasteiger partial charge in [-0.3, -0.25) is 0 Å². The molecule has 0 spiro atoms. The van der Waals surface area contributed by atoms with Crippen molar-refractivity contribution in [1.82, 2.24) is 9.71 Å². The van der Waals surface area contributed by atoms with Crippen molar-refractivity contribution in [1.29, 1.82) is 0 Å². The van der Waals surface area contributed by atoms with Crippen molar-refractivity contribution in [2.45, 2.75) is 25.3 Å². The van der Waals surface area contributed by atoms with Gasteiger partial charge in [-0.1, -0.05) is 17.7 Å². The van der Waals surface area contributed by atoms with E-state index in [1.807, 2.05) is 19.2 Å². The van der Waals surface area contributed by atoms with Crippen LogP contribution in [0.5, 0.6) is 0 Å². The average Bonchev–Trinajstić information content (AvgIpc) is 2.76. The molecule has 2 aromatic rings. The predicted molar refractivity (Wildman–Crippen MR) is 77.1 cm³/mol. The van der Waals surface area contributed by atoms with Crippen molar-refractivity contribution in [3.05, 3.63) is 44.9 Å². The third-order valence-electron chi connectivity index (χ3n) is 2.53. The Bertz CT molecular complexity index is 696. The second-order valence-electron chi connectivity index (χ2n) is 4.12.